The number of hydrogen-bond donors (Lipinski definition) is 1. The van der Waals surface area contributed by atoms with Crippen LogP contribution in [-0.2, 0) is 0 Å². The van der Waals surface area contributed by atoms with E-state index in [1.54, 1.807) is 0 Å². The zero-order valence-electron chi connectivity index (χ0n) is 11.5. The van der Waals surface area contributed by atoms with E-state index in [4.69, 9.17) is 4.98 Å². The molecule has 18 heavy (non-hydrogen) atoms. The van der Waals surface area contributed by atoms with Crippen LogP contribution in [-0.4, -0.2) is 51.9 Å². The molecule has 5 heteroatoms. The molecule has 1 aromatic heterocycles. The molecule has 1 aliphatic rings. The van der Waals surface area contributed by atoms with Gasteiger partial charge in [0.1, 0.15) is 0 Å². The summed E-state index contributed by atoms with van der Waals surface area (Å²) in [5.41, 5.74) is 0.383. The number of piperazine rings is 1. The maximum atomic E-state index is 4.73. The molecular formula is C13H22AsN4. The number of anilines is 1. The van der Waals surface area contributed by atoms with E-state index in [9.17, 15) is 0 Å². The molecule has 1 fully saturated rings. The van der Waals surface area contributed by atoms with E-state index < -0.39 is 0 Å². The summed E-state index contributed by atoms with van der Waals surface area (Å²) in [6.07, 6.45) is 1.91. The fourth-order valence-electron chi connectivity index (χ4n) is 1.79. The molecule has 1 aromatic rings. The van der Waals surface area contributed by atoms with Crippen LogP contribution < -0.4 is 14.8 Å². The van der Waals surface area contributed by atoms with Crippen molar-refractivity contribution in [3.8, 4) is 0 Å². The van der Waals surface area contributed by atoms with Crippen LogP contribution in [0.3, 0.4) is 0 Å². The minimum atomic E-state index is 0.0850. The van der Waals surface area contributed by atoms with Crippen molar-refractivity contribution in [3.63, 3.8) is 0 Å². The number of nitrogens with one attached hydrogen (secondary N) is 1. The van der Waals surface area contributed by atoms with Gasteiger partial charge >= 0.3 is 116 Å². The van der Waals surface area contributed by atoms with E-state index in [1.165, 1.54) is 5.21 Å². The van der Waals surface area contributed by atoms with E-state index in [2.05, 4.69) is 36.0 Å². The minimum absolute atomic E-state index is 0.0850. The summed E-state index contributed by atoms with van der Waals surface area (Å²) in [6.45, 7) is 11.0. The second-order valence-corrected chi connectivity index (χ2v) is 7.99. The number of aromatic nitrogens is 2. The Hall–Kier alpha value is -0.602. The molecular weight excluding hydrogens is 287 g/mol. The molecule has 0 bridgehead atoms. The van der Waals surface area contributed by atoms with Crippen molar-refractivity contribution in [2.24, 2.45) is 5.41 Å². The zero-order chi connectivity index (χ0) is 13.0. The van der Waals surface area contributed by atoms with Gasteiger partial charge in [-0.05, 0) is 0 Å². The fourth-order valence-corrected chi connectivity index (χ4v) is 3.76. The van der Waals surface area contributed by atoms with Gasteiger partial charge in [-0.15, -0.1) is 0 Å². The van der Waals surface area contributed by atoms with Crippen LogP contribution in [0.2, 0.25) is 5.21 Å². The van der Waals surface area contributed by atoms with Crippen LogP contribution in [0.1, 0.15) is 20.8 Å². The predicted molar refractivity (Wildman–Crippen MR) is 76.8 cm³/mol. The predicted octanol–water partition coefficient (Wildman–Crippen LogP) is 0.680. The summed E-state index contributed by atoms with van der Waals surface area (Å²) in [4.78, 5) is 11.5. The SMILES string of the molecule is CC(C)(C)C[As]c1nccc(N2CCNCC2)n1. The van der Waals surface area contributed by atoms with E-state index in [0.29, 0.717) is 5.41 Å². The van der Waals surface area contributed by atoms with Crippen molar-refractivity contribution in [1.29, 1.82) is 0 Å². The first-order valence-electron chi connectivity index (χ1n) is 6.51. The van der Waals surface area contributed by atoms with Gasteiger partial charge in [0.25, 0.3) is 0 Å². The van der Waals surface area contributed by atoms with Crippen molar-refractivity contribution >= 4 is 26.2 Å². The second-order valence-electron chi connectivity index (χ2n) is 5.83. The van der Waals surface area contributed by atoms with Crippen molar-refractivity contribution in [1.82, 2.24) is 15.3 Å². The maximum absolute atomic E-state index is 4.73. The molecule has 1 saturated heterocycles. The van der Waals surface area contributed by atoms with E-state index in [-0.39, 0.29) is 15.8 Å². The van der Waals surface area contributed by atoms with Gasteiger partial charge < -0.3 is 0 Å². The first kappa shape index (κ1) is 13.8. The van der Waals surface area contributed by atoms with Crippen LogP contribution in [0.25, 0.3) is 0 Å². The molecule has 2 rings (SSSR count). The average Bonchev–Trinajstić information content (AvgIpc) is 2.37. The third-order valence-corrected chi connectivity index (χ3v) is 6.13. The Morgan fingerprint density at radius 3 is 2.72 bits per heavy atom. The van der Waals surface area contributed by atoms with Crippen molar-refractivity contribution < 1.29 is 0 Å². The van der Waals surface area contributed by atoms with E-state index >= 15 is 0 Å². The Bertz CT molecular complexity index is 383. The monoisotopic (exact) mass is 309 g/mol. The van der Waals surface area contributed by atoms with Crippen LogP contribution >= 0.6 is 0 Å². The normalized spacial score (nSPS) is 17.6. The molecule has 1 N–H and O–H groups in total. The van der Waals surface area contributed by atoms with Crippen molar-refractivity contribution in [2.75, 3.05) is 31.1 Å². The molecule has 1 aliphatic heterocycles. The van der Waals surface area contributed by atoms with Gasteiger partial charge in [0.2, 0.25) is 0 Å². The van der Waals surface area contributed by atoms with Gasteiger partial charge in [-0.2, -0.15) is 0 Å². The standard InChI is InChI=1S/C13H22AsN4/c1-13(2,3)10-14-12-16-5-4-11(17-12)18-8-6-15-7-9-18/h4-5,15H,6-10H2,1-3H3. The number of nitrogens with zero attached hydrogens (tertiary/aromatic N) is 3. The van der Waals surface area contributed by atoms with Crippen LogP contribution in [0.4, 0.5) is 5.82 Å². The Morgan fingerprint density at radius 2 is 2.06 bits per heavy atom. The van der Waals surface area contributed by atoms with E-state index in [0.717, 1.165) is 36.6 Å². The Balaban J connectivity index is 2.00. The number of hydrogen-bond acceptors (Lipinski definition) is 4. The molecule has 0 spiro atoms. The number of rotatable bonds is 3. The summed E-state index contributed by atoms with van der Waals surface area (Å²) in [7, 11) is 0. The topological polar surface area (TPSA) is 41.1 Å². The Kier molecular flexibility index (Phi) is 4.63. The van der Waals surface area contributed by atoms with Crippen molar-refractivity contribution in [3.05, 3.63) is 12.3 Å². The summed E-state index contributed by atoms with van der Waals surface area (Å²) >= 11 is 0.0850. The third kappa shape index (κ3) is 4.25. The van der Waals surface area contributed by atoms with Crippen LogP contribution in [0.5, 0.6) is 0 Å². The summed E-state index contributed by atoms with van der Waals surface area (Å²) in [6, 6.07) is 2.03. The summed E-state index contributed by atoms with van der Waals surface area (Å²) in [5.74, 6) is 1.10. The molecule has 4 nitrogen and oxygen atoms in total. The first-order valence-corrected chi connectivity index (χ1v) is 8.77. The second kappa shape index (κ2) is 6.03. The van der Waals surface area contributed by atoms with Gasteiger partial charge in [0.05, 0.1) is 0 Å². The molecule has 2 heterocycles. The fraction of sp³-hybridized carbons (Fsp3) is 0.692. The van der Waals surface area contributed by atoms with Crippen LogP contribution in [0.15, 0.2) is 12.3 Å². The van der Waals surface area contributed by atoms with Gasteiger partial charge in [0.15, 0.2) is 0 Å². The quantitative estimate of drug-likeness (QED) is 0.834. The molecule has 0 aromatic carbocycles. The first-order chi connectivity index (χ1) is 8.54. The molecule has 0 saturated carbocycles. The van der Waals surface area contributed by atoms with E-state index in [1.807, 2.05) is 12.3 Å². The van der Waals surface area contributed by atoms with Gasteiger partial charge in [0, 0.05) is 0 Å². The Morgan fingerprint density at radius 1 is 1.33 bits per heavy atom. The van der Waals surface area contributed by atoms with Crippen molar-refractivity contribution in [2.45, 2.75) is 26.0 Å². The summed E-state index contributed by atoms with van der Waals surface area (Å²) < 4.78 is 1.07. The van der Waals surface area contributed by atoms with Gasteiger partial charge in [-0.25, -0.2) is 0 Å². The molecule has 0 unspecified atom stereocenters. The summed E-state index contributed by atoms with van der Waals surface area (Å²) in [5, 5.41) is 4.58. The Labute approximate surface area is 116 Å². The molecule has 0 aliphatic carbocycles. The molecule has 99 valence electrons. The van der Waals surface area contributed by atoms with Gasteiger partial charge in [-0.1, -0.05) is 0 Å². The zero-order valence-corrected chi connectivity index (χ0v) is 13.4. The van der Waals surface area contributed by atoms with Crippen LogP contribution in [0, 0.1) is 5.41 Å². The molecule has 1 radical (unpaired) electrons. The third-order valence-electron chi connectivity index (χ3n) is 2.76. The van der Waals surface area contributed by atoms with Gasteiger partial charge in [-0.3, -0.25) is 0 Å². The molecule has 0 amide bonds. The average molecular weight is 309 g/mol. The molecule has 0 atom stereocenters.